The number of nitrogens with zero attached hydrogens (tertiary/aromatic N) is 6. The standard InChI is InChI=1S/C19H36N10O/c20-12-5-13(21)8-27(7-12)17-24-18(28-9-14(22)6-15(23)10-28)26-19(25-17)29-4-2-1-3-16(29)11-30/h12-16,30H,1-11,20-23H2/t12-,13+,14-,15+,16?. The van der Waals surface area contributed by atoms with Crippen LogP contribution in [0.1, 0.15) is 32.1 Å². The molecule has 5 atom stereocenters. The lowest BCUT2D eigenvalue weighted by molar-refractivity contribution is 0.238. The predicted molar refractivity (Wildman–Crippen MR) is 117 cm³/mol. The molecule has 168 valence electrons. The fraction of sp³-hybridized carbons (Fsp3) is 0.842. The molecule has 1 aromatic heterocycles. The molecule has 30 heavy (non-hydrogen) atoms. The molecule has 0 aromatic carbocycles. The fourth-order valence-electron chi connectivity index (χ4n) is 4.89. The molecular formula is C19H36N10O. The summed E-state index contributed by atoms with van der Waals surface area (Å²) in [5.41, 5.74) is 24.9. The lowest BCUT2D eigenvalue weighted by atomic mass is 10.0. The monoisotopic (exact) mass is 420 g/mol. The molecular weight excluding hydrogens is 384 g/mol. The molecule has 11 heteroatoms. The van der Waals surface area contributed by atoms with E-state index in [0.29, 0.717) is 44.0 Å². The van der Waals surface area contributed by atoms with Crippen LogP contribution >= 0.6 is 0 Å². The summed E-state index contributed by atoms with van der Waals surface area (Å²) in [7, 11) is 0. The molecule has 0 aliphatic carbocycles. The van der Waals surface area contributed by atoms with Crippen LogP contribution in [0.3, 0.4) is 0 Å². The molecule has 0 bridgehead atoms. The van der Waals surface area contributed by atoms with Crippen molar-refractivity contribution in [3.05, 3.63) is 0 Å². The van der Waals surface area contributed by atoms with Crippen molar-refractivity contribution in [1.82, 2.24) is 15.0 Å². The van der Waals surface area contributed by atoms with E-state index in [1.54, 1.807) is 0 Å². The summed E-state index contributed by atoms with van der Waals surface area (Å²) in [5.74, 6) is 1.75. The van der Waals surface area contributed by atoms with Gasteiger partial charge in [0.05, 0.1) is 12.6 Å². The van der Waals surface area contributed by atoms with Gasteiger partial charge in [0.1, 0.15) is 0 Å². The number of aromatic nitrogens is 3. The molecule has 4 heterocycles. The summed E-state index contributed by atoms with van der Waals surface area (Å²) in [6, 6.07) is -0.0636. The Balaban J connectivity index is 1.70. The summed E-state index contributed by atoms with van der Waals surface area (Å²) in [4.78, 5) is 20.6. The molecule has 4 rings (SSSR count). The summed E-state index contributed by atoms with van der Waals surface area (Å²) in [6.45, 7) is 3.50. The van der Waals surface area contributed by atoms with Crippen LogP contribution in [0.4, 0.5) is 17.8 Å². The zero-order valence-electron chi connectivity index (χ0n) is 17.6. The normalized spacial score (nSPS) is 33.1. The van der Waals surface area contributed by atoms with Crippen molar-refractivity contribution in [3.63, 3.8) is 0 Å². The van der Waals surface area contributed by atoms with Crippen molar-refractivity contribution in [2.75, 3.05) is 54.0 Å². The molecule has 3 aliphatic rings. The SMILES string of the molecule is N[C@@H]1C[C@H](N)CN(c2nc(N3C[C@H](N)C[C@H](N)C3)nc(N3CCCCC3CO)n2)C1. The summed E-state index contributed by atoms with van der Waals surface area (Å²) in [5, 5.41) is 9.90. The highest BCUT2D eigenvalue weighted by molar-refractivity contribution is 5.48. The van der Waals surface area contributed by atoms with E-state index in [0.717, 1.165) is 38.6 Å². The van der Waals surface area contributed by atoms with Crippen LogP contribution in [0.5, 0.6) is 0 Å². The topological polar surface area (TPSA) is 173 Å². The first-order chi connectivity index (χ1) is 14.4. The van der Waals surface area contributed by atoms with Crippen molar-refractivity contribution in [2.24, 2.45) is 22.9 Å². The van der Waals surface area contributed by atoms with Crippen LogP contribution in [-0.2, 0) is 0 Å². The molecule has 9 N–H and O–H groups in total. The van der Waals surface area contributed by atoms with Gasteiger partial charge in [0.15, 0.2) is 0 Å². The van der Waals surface area contributed by atoms with Crippen molar-refractivity contribution < 1.29 is 5.11 Å². The Morgan fingerprint density at radius 3 is 1.67 bits per heavy atom. The van der Waals surface area contributed by atoms with Gasteiger partial charge in [-0.15, -0.1) is 0 Å². The number of rotatable bonds is 4. The number of hydrogen-bond acceptors (Lipinski definition) is 11. The maximum atomic E-state index is 9.90. The Labute approximate surface area is 177 Å². The van der Waals surface area contributed by atoms with E-state index in [1.807, 2.05) is 0 Å². The number of aliphatic hydroxyl groups excluding tert-OH is 1. The minimum absolute atomic E-state index is 0.0126. The van der Waals surface area contributed by atoms with Gasteiger partial charge in [-0.25, -0.2) is 0 Å². The van der Waals surface area contributed by atoms with Gasteiger partial charge in [-0.2, -0.15) is 15.0 Å². The Hall–Kier alpha value is -1.79. The zero-order chi connectivity index (χ0) is 21.3. The maximum absolute atomic E-state index is 9.90. The molecule has 3 aliphatic heterocycles. The molecule has 0 saturated carbocycles. The number of nitrogens with two attached hydrogens (primary N) is 4. The highest BCUT2D eigenvalue weighted by Gasteiger charge is 2.31. The van der Waals surface area contributed by atoms with Crippen LogP contribution in [0.2, 0.25) is 0 Å². The van der Waals surface area contributed by atoms with E-state index < -0.39 is 0 Å². The van der Waals surface area contributed by atoms with Crippen LogP contribution in [0.15, 0.2) is 0 Å². The van der Waals surface area contributed by atoms with Gasteiger partial charge in [-0.05, 0) is 32.1 Å². The third-order valence-corrected chi connectivity index (χ3v) is 6.29. The molecule has 3 saturated heterocycles. The van der Waals surface area contributed by atoms with E-state index in [9.17, 15) is 5.11 Å². The summed E-state index contributed by atoms with van der Waals surface area (Å²) >= 11 is 0. The number of aliphatic hydroxyl groups is 1. The maximum Gasteiger partial charge on any atom is 0.232 e. The molecule has 1 aromatic rings. The van der Waals surface area contributed by atoms with E-state index in [1.165, 1.54) is 0 Å². The lowest BCUT2D eigenvalue weighted by Gasteiger charge is -2.39. The first-order valence-corrected chi connectivity index (χ1v) is 11.1. The third kappa shape index (κ3) is 4.75. The smallest absolute Gasteiger partial charge is 0.232 e. The largest absolute Gasteiger partial charge is 0.394 e. The zero-order valence-corrected chi connectivity index (χ0v) is 17.6. The molecule has 0 amide bonds. The van der Waals surface area contributed by atoms with E-state index in [-0.39, 0.29) is 36.8 Å². The first-order valence-electron chi connectivity index (χ1n) is 11.1. The second kappa shape index (κ2) is 9.15. The molecule has 1 unspecified atom stereocenters. The van der Waals surface area contributed by atoms with Crippen molar-refractivity contribution in [1.29, 1.82) is 0 Å². The van der Waals surface area contributed by atoms with E-state index in [4.69, 9.17) is 37.9 Å². The average Bonchev–Trinajstić information content (AvgIpc) is 2.72. The second-order valence-corrected chi connectivity index (χ2v) is 9.08. The third-order valence-electron chi connectivity index (χ3n) is 6.29. The molecule has 3 fully saturated rings. The summed E-state index contributed by atoms with van der Waals surface area (Å²) in [6.07, 6.45) is 4.64. The molecule has 0 spiro atoms. The molecule has 11 nitrogen and oxygen atoms in total. The highest BCUT2D eigenvalue weighted by atomic mass is 16.3. The highest BCUT2D eigenvalue weighted by Crippen LogP contribution is 2.27. The van der Waals surface area contributed by atoms with Gasteiger partial charge in [0.25, 0.3) is 0 Å². The van der Waals surface area contributed by atoms with Gasteiger partial charge < -0.3 is 42.7 Å². The first kappa shape index (κ1) is 21.4. The van der Waals surface area contributed by atoms with Gasteiger partial charge in [0, 0.05) is 56.9 Å². The average molecular weight is 421 g/mol. The number of hydrogen-bond donors (Lipinski definition) is 5. The Morgan fingerprint density at radius 2 is 1.20 bits per heavy atom. The van der Waals surface area contributed by atoms with Crippen LogP contribution in [0.25, 0.3) is 0 Å². The molecule has 0 radical (unpaired) electrons. The van der Waals surface area contributed by atoms with E-state index >= 15 is 0 Å². The summed E-state index contributed by atoms with van der Waals surface area (Å²) < 4.78 is 0. The van der Waals surface area contributed by atoms with Crippen molar-refractivity contribution in [2.45, 2.75) is 62.3 Å². The second-order valence-electron chi connectivity index (χ2n) is 9.08. The minimum Gasteiger partial charge on any atom is -0.394 e. The Bertz CT molecular complexity index is 656. The van der Waals surface area contributed by atoms with Crippen molar-refractivity contribution in [3.8, 4) is 0 Å². The van der Waals surface area contributed by atoms with Gasteiger partial charge in [0.2, 0.25) is 17.8 Å². The number of piperidine rings is 3. The van der Waals surface area contributed by atoms with Gasteiger partial charge >= 0.3 is 0 Å². The Morgan fingerprint density at radius 1 is 0.733 bits per heavy atom. The van der Waals surface area contributed by atoms with Crippen LogP contribution < -0.4 is 37.6 Å². The minimum atomic E-state index is -0.0191. The fourth-order valence-corrected chi connectivity index (χ4v) is 4.89. The predicted octanol–water partition coefficient (Wildman–Crippen LogP) is -2.05. The Kier molecular flexibility index (Phi) is 6.54. The lowest BCUT2D eigenvalue weighted by Crippen LogP contribution is -2.54. The van der Waals surface area contributed by atoms with Crippen molar-refractivity contribution >= 4 is 17.8 Å². The van der Waals surface area contributed by atoms with Crippen LogP contribution in [0, 0.1) is 0 Å². The van der Waals surface area contributed by atoms with Crippen LogP contribution in [-0.4, -0.2) is 89.6 Å². The van der Waals surface area contributed by atoms with E-state index in [2.05, 4.69) is 14.7 Å². The van der Waals surface area contributed by atoms with Gasteiger partial charge in [-0.3, -0.25) is 0 Å². The number of anilines is 3. The van der Waals surface area contributed by atoms with Gasteiger partial charge in [-0.1, -0.05) is 0 Å². The quantitative estimate of drug-likeness (QED) is 0.363.